The molecular formula is C23H26N2O2. The van der Waals surface area contributed by atoms with E-state index >= 15 is 0 Å². The van der Waals surface area contributed by atoms with E-state index in [2.05, 4.69) is 11.4 Å². The Kier molecular flexibility index (Phi) is 5.75. The topological polar surface area (TPSA) is 49.4 Å². The molecule has 3 rings (SSSR count). The van der Waals surface area contributed by atoms with Gasteiger partial charge in [-0.15, -0.1) is 0 Å². The third kappa shape index (κ3) is 4.45. The van der Waals surface area contributed by atoms with Crippen molar-refractivity contribution in [2.45, 2.75) is 33.6 Å². The largest absolute Gasteiger partial charge is 0.339 e. The Morgan fingerprint density at radius 1 is 1.00 bits per heavy atom. The van der Waals surface area contributed by atoms with Gasteiger partial charge in [-0.1, -0.05) is 35.9 Å². The molecule has 0 saturated carbocycles. The van der Waals surface area contributed by atoms with Gasteiger partial charge in [0.2, 0.25) is 5.91 Å². The number of aryl methyl sites for hydroxylation is 3. The molecule has 1 aliphatic rings. The summed E-state index contributed by atoms with van der Waals surface area (Å²) in [6.07, 6.45) is 5.41. The molecule has 4 nitrogen and oxygen atoms in total. The van der Waals surface area contributed by atoms with E-state index in [0.717, 1.165) is 42.6 Å². The highest BCUT2D eigenvalue weighted by molar-refractivity contribution is 6.08. The number of likely N-dealkylation sites (tertiary alicyclic amines) is 1. The van der Waals surface area contributed by atoms with E-state index < -0.39 is 0 Å². The quantitative estimate of drug-likeness (QED) is 0.814. The maximum atomic E-state index is 12.8. The van der Waals surface area contributed by atoms with E-state index in [1.54, 1.807) is 6.07 Å². The summed E-state index contributed by atoms with van der Waals surface area (Å²) in [5, 5.41) is 2.91. The lowest BCUT2D eigenvalue weighted by Crippen LogP contribution is -2.29. The average Bonchev–Trinajstić information content (AvgIpc) is 3.17. The minimum Gasteiger partial charge on any atom is -0.339 e. The lowest BCUT2D eigenvalue weighted by molar-refractivity contribution is -0.111. The van der Waals surface area contributed by atoms with Crippen LogP contribution in [0.3, 0.4) is 0 Å². The highest BCUT2D eigenvalue weighted by atomic mass is 16.2. The van der Waals surface area contributed by atoms with Gasteiger partial charge < -0.3 is 10.2 Å². The van der Waals surface area contributed by atoms with Gasteiger partial charge in [0, 0.05) is 19.2 Å². The van der Waals surface area contributed by atoms with Gasteiger partial charge in [-0.2, -0.15) is 0 Å². The molecule has 2 amide bonds. The molecule has 1 aliphatic heterocycles. The van der Waals surface area contributed by atoms with Crippen LogP contribution in [0, 0.1) is 20.8 Å². The highest BCUT2D eigenvalue weighted by Gasteiger charge is 2.23. The molecule has 1 heterocycles. The van der Waals surface area contributed by atoms with Crippen molar-refractivity contribution in [1.29, 1.82) is 0 Å². The van der Waals surface area contributed by atoms with Gasteiger partial charge in [-0.05, 0) is 62.4 Å². The molecular weight excluding hydrogens is 336 g/mol. The number of carbonyl (C=O) groups is 2. The minimum atomic E-state index is -0.236. The molecule has 1 N–H and O–H groups in total. The summed E-state index contributed by atoms with van der Waals surface area (Å²) >= 11 is 0. The second kappa shape index (κ2) is 8.21. The summed E-state index contributed by atoms with van der Waals surface area (Å²) in [5.74, 6) is -0.246. The first-order chi connectivity index (χ1) is 13.0. The Bertz CT molecular complexity index is 893. The normalized spacial score (nSPS) is 14.0. The molecule has 1 saturated heterocycles. The van der Waals surface area contributed by atoms with Crippen molar-refractivity contribution < 1.29 is 9.59 Å². The number of amides is 2. The average molecular weight is 362 g/mol. The van der Waals surface area contributed by atoms with Crippen molar-refractivity contribution in [3.63, 3.8) is 0 Å². The van der Waals surface area contributed by atoms with E-state index in [1.807, 2.05) is 56.0 Å². The number of nitrogens with zero attached hydrogens (tertiary/aromatic N) is 1. The second-order valence-corrected chi connectivity index (χ2v) is 7.18. The maximum Gasteiger partial charge on any atom is 0.255 e. The Morgan fingerprint density at radius 2 is 1.74 bits per heavy atom. The molecule has 0 unspecified atom stereocenters. The lowest BCUT2D eigenvalue weighted by atomic mass is 10.0. The predicted molar refractivity (Wildman–Crippen MR) is 110 cm³/mol. The number of para-hydroxylation sites is 1. The van der Waals surface area contributed by atoms with Crippen LogP contribution in [0.25, 0.3) is 6.08 Å². The summed E-state index contributed by atoms with van der Waals surface area (Å²) in [4.78, 5) is 27.2. The first-order valence-corrected chi connectivity index (χ1v) is 9.41. The Morgan fingerprint density at radius 3 is 2.44 bits per heavy atom. The van der Waals surface area contributed by atoms with E-state index in [1.165, 1.54) is 11.6 Å². The van der Waals surface area contributed by atoms with Gasteiger partial charge in [0.15, 0.2) is 0 Å². The van der Waals surface area contributed by atoms with Gasteiger partial charge >= 0.3 is 0 Å². The monoisotopic (exact) mass is 362 g/mol. The van der Waals surface area contributed by atoms with Crippen LogP contribution in [0.4, 0.5) is 5.69 Å². The van der Waals surface area contributed by atoms with E-state index in [9.17, 15) is 9.59 Å². The van der Waals surface area contributed by atoms with Gasteiger partial charge in [-0.3, -0.25) is 9.59 Å². The number of benzene rings is 2. The minimum absolute atomic E-state index is 0.00939. The predicted octanol–water partition coefficient (Wildman–Crippen LogP) is 4.50. The molecule has 0 radical (unpaired) electrons. The van der Waals surface area contributed by atoms with Gasteiger partial charge in [0.1, 0.15) is 0 Å². The number of hydrogen-bond donors (Lipinski definition) is 1. The number of rotatable bonds is 4. The van der Waals surface area contributed by atoms with Crippen LogP contribution in [-0.2, 0) is 4.79 Å². The van der Waals surface area contributed by atoms with Gasteiger partial charge in [0.05, 0.1) is 11.3 Å². The van der Waals surface area contributed by atoms with E-state index in [-0.39, 0.29) is 11.8 Å². The molecule has 27 heavy (non-hydrogen) atoms. The molecule has 0 aliphatic carbocycles. The zero-order chi connectivity index (χ0) is 19.4. The van der Waals surface area contributed by atoms with Crippen molar-refractivity contribution in [3.8, 4) is 0 Å². The van der Waals surface area contributed by atoms with Crippen LogP contribution in [0.5, 0.6) is 0 Å². The summed E-state index contributed by atoms with van der Waals surface area (Å²) in [7, 11) is 0. The highest BCUT2D eigenvalue weighted by Crippen LogP contribution is 2.24. The van der Waals surface area contributed by atoms with Crippen LogP contribution < -0.4 is 5.32 Å². The number of nitrogens with one attached hydrogen (secondary N) is 1. The zero-order valence-corrected chi connectivity index (χ0v) is 16.2. The fourth-order valence-corrected chi connectivity index (χ4v) is 3.45. The van der Waals surface area contributed by atoms with Crippen LogP contribution in [-0.4, -0.2) is 29.8 Å². The van der Waals surface area contributed by atoms with Crippen LogP contribution in [0.2, 0.25) is 0 Å². The zero-order valence-electron chi connectivity index (χ0n) is 16.2. The number of anilines is 1. The second-order valence-electron chi connectivity index (χ2n) is 7.18. The molecule has 2 aromatic rings. The van der Waals surface area contributed by atoms with Crippen molar-refractivity contribution in [1.82, 2.24) is 4.90 Å². The molecule has 4 heteroatoms. The lowest BCUT2D eigenvalue weighted by Gasteiger charge is -2.19. The summed E-state index contributed by atoms with van der Waals surface area (Å²) in [6.45, 7) is 7.55. The van der Waals surface area contributed by atoms with Crippen LogP contribution >= 0.6 is 0 Å². The van der Waals surface area contributed by atoms with E-state index in [0.29, 0.717) is 11.3 Å². The van der Waals surface area contributed by atoms with Crippen LogP contribution in [0.15, 0.2) is 42.5 Å². The Labute approximate surface area is 160 Å². The fraction of sp³-hybridized carbons (Fsp3) is 0.304. The molecule has 0 atom stereocenters. The molecule has 0 bridgehead atoms. The van der Waals surface area contributed by atoms with Crippen molar-refractivity contribution >= 4 is 23.6 Å². The Balaban J connectivity index is 1.79. The Hall–Kier alpha value is -2.88. The first kappa shape index (κ1) is 18.9. The van der Waals surface area contributed by atoms with Crippen molar-refractivity contribution in [3.05, 3.63) is 70.3 Å². The van der Waals surface area contributed by atoms with Crippen molar-refractivity contribution in [2.75, 3.05) is 18.4 Å². The smallest absolute Gasteiger partial charge is 0.255 e. The summed E-state index contributed by atoms with van der Waals surface area (Å²) < 4.78 is 0. The van der Waals surface area contributed by atoms with Gasteiger partial charge in [0.25, 0.3) is 5.91 Å². The summed E-state index contributed by atoms with van der Waals surface area (Å²) in [5.41, 5.74) is 5.37. The standard InChI is InChI=1S/C23H26N2O2/c1-16-9-10-19(18(3)15-16)11-12-21(26)24-22-17(2)7-6-8-20(22)23(27)25-13-4-5-14-25/h6-12,15H,4-5,13-14H2,1-3H3,(H,24,26)/b12-11+. The molecule has 2 aromatic carbocycles. The molecule has 0 spiro atoms. The van der Waals surface area contributed by atoms with Gasteiger partial charge in [-0.25, -0.2) is 0 Å². The van der Waals surface area contributed by atoms with E-state index in [4.69, 9.17) is 0 Å². The molecule has 140 valence electrons. The molecule has 1 fully saturated rings. The SMILES string of the molecule is Cc1ccc(/C=C/C(=O)Nc2c(C)cccc2C(=O)N2CCCC2)c(C)c1. The first-order valence-electron chi connectivity index (χ1n) is 9.41. The third-order valence-corrected chi connectivity index (χ3v) is 4.98. The number of hydrogen-bond acceptors (Lipinski definition) is 2. The third-order valence-electron chi connectivity index (χ3n) is 4.98. The van der Waals surface area contributed by atoms with Crippen molar-refractivity contribution in [2.24, 2.45) is 0 Å². The number of carbonyl (C=O) groups excluding carboxylic acids is 2. The van der Waals surface area contributed by atoms with Crippen LogP contribution in [0.1, 0.15) is 45.5 Å². The fourth-order valence-electron chi connectivity index (χ4n) is 3.45. The summed E-state index contributed by atoms with van der Waals surface area (Å²) in [6, 6.07) is 11.7. The maximum absolute atomic E-state index is 12.8. The molecule has 0 aromatic heterocycles.